The number of anilines is 1. The van der Waals surface area contributed by atoms with Gasteiger partial charge in [-0.2, -0.15) is 0 Å². The first kappa shape index (κ1) is 12.6. The molecule has 94 valence electrons. The second-order valence-electron chi connectivity index (χ2n) is 5.11. The van der Waals surface area contributed by atoms with Crippen molar-refractivity contribution in [3.63, 3.8) is 0 Å². The quantitative estimate of drug-likeness (QED) is 0.729. The van der Waals surface area contributed by atoms with Crippen molar-refractivity contribution in [2.24, 2.45) is 5.92 Å². The van der Waals surface area contributed by atoms with Crippen LogP contribution in [0.15, 0.2) is 12.4 Å². The van der Waals surface area contributed by atoms with Crippen molar-refractivity contribution in [2.75, 3.05) is 11.4 Å². The van der Waals surface area contributed by atoms with E-state index in [1.165, 1.54) is 19.3 Å². The van der Waals surface area contributed by atoms with Crippen LogP contribution in [0.1, 0.15) is 38.8 Å². The first-order valence-electron chi connectivity index (χ1n) is 6.34. The van der Waals surface area contributed by atoms with Gasteiger partial charge >= 0.3 is 0 Å². The first-order chi connectivity index (χ1) is 8.20. The van der Waals surface area contributed by atoms with Crippen LogP contribution >= 0.6 is 11.6 Å². The lowest BCUT2D eigenvalue weighted by Crippen LogP contribution is -2.28. The van der Waals surface area contributed by atoms with Gasteiger partial charge in [-0.3, -0.25) is 4.98 Å². The Kier molecular flexibility index (Phi) is 4.21. The van der Waals surface area contributed by atoms with Gasteiger partial charge in [-0.05, 0) is 25.2 Å². The predicted molar refractivity (Wildman–Crippen MR) is 71.4 cm³/mol. The molecule has 1 aliphatic carbocycles. The van der Waals surface area contributed by atoms with Crippen molar-refractivity contribution in [3.8, 4) is 0 Å². The minimum Gasteiger partial charge on any atom is -0.352 e. The maximum atomic E-state index is 5.72. The van der Waals surface area contributed by atoms with E-state index in [-0.39, 0.29) is 0 Å². The molecule has 1 heterocycles. The summed E-state index contributed by atoms with van der Waals surface area (Å²) in [6, 6.07) is 0.685. The van der Waals surface area contributed by atoms with E-state index in [4.69, 9.17) is 11.6 Å². The van der Waals surface area contributed by atoms with Crippen LogP contribution in [0.25, 0.3) is 0 Å². The average Bonchev–Trinajstić information content (AvgIpc) is 3.14. The Hall–Kier alpha value is -0.830. The number of rotatable bonds is 6. The van der Waals surface area contributed by atoms with Crippen LogP contribution in [0, 0.1) is 5.92 Å². The van der Waals surface area contributed by atoms with Gasteiger partial charge in [-0.1, -0.05) is 13.8 Å². The molecule has 3 nitrogen and oxygen atoms in total. The molecule has 0 unspecified atom stereocenters. The first-order valence-corrected chi connectivity index (χ1v) is 6.87. The normalized spacial score (nSPS) is 15.3. The molecule has 0 bridgehead atoms. The fourth-order valence-corrected chi connectivity index (χ4v) is 1.97. The maximum absolute atomic E-state index is 5.72. The number of hydrogen-bond acceptors (Lipinski definition) is 3. The van der Waals surface area contributed by atoms with Gasteiger partial charge in [-0.15, -0.1) is 11.6 Å². The van der Waals surface area contributed by atoms with E-state index in [1.807, 2.05) is 6.20 Å². The molecule has 1 saturated carbocycles. The lowest BCUT2D eigenvalue weighted by molar-refractivity contribution is 0.568. The van der Waals surface area contributed by atoms with Crippen molar-refractivity contribution in [2.45, 2.75) is 45.0 Å². The van der Waals surface area contributed by atoms with Crippen LogP contribution in [0.3, 0.4) is 0 Å². The van der Waals surface area contributed by atoms with Crippen molar-refractivity contribution in [1.82, 2.24) is 9.97 Å². The maximum Gasteiger partial charge on any atom is 0.147 e. The highest BCUT2D eigenvalue weighted by molar-refractivity contribution is 6.16. The van der Waals surface area contributed by atoms with E-state index < -0.39 is 0 Å². The largest absolute Gasteiger partial charge is 0.352 e. The average molecular weight is 254 g/mol. The Balaban J connectivity index is 2.03. The van der Waals surface area contributed by atoms with Gasteiger partial charge < -0.3 is 4.90 Å². The van der Waals surface area contributed by atoms with Crippen LogP contribution in [0.4, 0.5) is 5.82 Å². The van der Waals surface area contributed by atoms with Gasteiger partial charge in [0.15, 0.2) is 0 Å². The molecule has 0 amide bonds. The second-order valence-corrected chi connectivity index (χ2v) is 5.37. The molecular formula is C13H20ClN3. The molecule has 1 aromatic rings. The Morgan fingerprint density at radius 1 is 1.35 bits per heavy atom. The molecule has 0 atom stereocenters. The third kappa shape index (κ3) is 3.56. The number of alkyl halides is 1. The van der Waals surface area contributed by atoms with E-state index in [2.05, 4.69) is 28.7 Å². The zero-order valence-corrected chi connectivity index (χ0v) is 11.3. The molecule has 4 heteroatoms. The summed E-state index contributed by atoms with van der Waals surface area (Å²) >= 11 is 5.72. The van der Waals surface area contributed by atoms with Gasteiger partial charge in [0.05, 0.1) is 24.0 Å². The van der Waals surface area contributed by atoms with E-state index in [0.717, 1.165) is 24.0 Å². The highest BCUT2D eigenvalue weighted by Gasteiger charge is 2.29. The van der Waals surface area contributed by atoms with Gasteiger partial charge in [0.1, 0.15) is 5.82 Å². The van der Waals surface area contributed by atoms with Crippen LogP contribution in [-0.4, -0.2) is 22.6 Å². The summed E-state index contributed by atoms with van der Waals surface area (Å²) in [5.41, 5.74) is 0.843. The molecule has 0 spiro atoms. The number of aromatic nitrogens is 2. The topological polar surface area (TPSA) is 29.0 Å². The molecule has 1 aliphatic rings. The second kappa shape index (κ2) is 5.67. The molecular weight excluding hydrogens is 234 g/mol. The van der Waals surface area contributed by atoms with E-state index in [1.54, 1.807) is 6.20 Å². The standard InChI is InChI=1S/C13H20ClN3/c1-10(2)5-6-17(12-3-4-12)13-9-15-11(7-14)8-16-13/h8-10,12H,3-7H2,1-2H3. The summed E-state index contributed by atoms with van der Waals surface area (Å²) in [6.07, 6.45) is 7.42. The van der Waals surface area contributed by atoms with Gasteiger partial charge in [0, 0.05) is 12.6 Å². The minimum absolute atomic E-state index is 0.433. The fourth-order valence-electron chi connectivity index (χ4n) is 1.83. The molecule has 1 aromatic heterocycles. The molecule has 0 saturated heterocycles. The highest BCUT2D eigenvalue weighted by Crippen LogP contribution is 2.30. The van der Waals surface area contributed by atoms with Crippen LogP contribution in [0.2, 0.25) is 0 Å². The van der Waals surface area contributed by atoms with Crippen molar-refractivity contribution in [3.05, 3.63) is 18.1 Å². The molecule has 1 fully saturated rings. The number of hydrogen-bond donors (Lipinski definition) is 0. The van der Waals surface area contributed by atoms with Crippen LogP contribution in [-0.2, 0) is 5.88 Å². The smallest absolute Gasteiger partial charge is 0.147 e. The lowest BCUT2D eigenvalue weighted by Gasteiger charge is -2.24. The highest BCUT2D eigenvalue weighted by atomic mass is 35.5. The Morgan fingerprint density at radius 3 is 2.59 bits per heavy atom. The Labute approximate surface area is 108 Å². The van der Waals surface area contributed by atoms with E-state index >= 15 is 0 Å². The Morgan fingerprint density at radius 2 is 2.12 bits per heavy atom. The summed E-state index contributed by atoms with van der Waals surface area (Å²) < 4.78 is 0. The van der Waals surface area contributed by atoms with Gasteiger partial charge in [0.25, 0.3) is 0 Å². The lowest BCUT2D eigenvalue weighted by atomic mass is 10.1. The molecule has 0 aromatic carbocycles. The summed E-state index contributed by atoms with van der Waals surface area (Å²) in [7, 11) is 0. The third-order valence-electron chi connectivity index (χ3n) is 3.06. The monoisotopic (exact) mass is 253 g/mol. The number of nitrogens with zero attached hydrogens (tertiary/aromatic N) is 3. The van der Waals surface area contributed by atoms with E-state index in [0.29, 0.717) is 11.9 Å². The van der Waals surface area contributed by atoms with Gasteiger partial charge in [0.2, 0.25) is 0 Å². The molecule has 0 radical (unpaired) electrons. The molecule has 2 rings (SSSR count). The van der Waals surface area contributed by atoms with Crippen molar-refractivity contribution >= 4 is 17.4 Å². The molecule has 0 aliphatic heterocycles. The summed E-state index contributed by atoms with van der Waals surface area (Å²) in [6.45, 7) is 5.60. The van der Waals surface area contributed by atoms with Crippen LogP contribution < -0.4 is 4.90 Å². The molecule has 0 N–H and O–H groups in total. The number of halogens is 1. The Bertz CT molecular complexity index is 346. The van der Waals surface area contributed by atoms with Crippen LogP contribution in [0.5, 0.6) is 0 Å². The van der Waals surface area contributed by atoms with E-state index in [9.17, 15) is 0 Å². The predicted octanol–water partition coefficient (Wildman–Crippen LogP) is 3.23. The minimum atomic E-state index is 0.433. The van der Waals surface area contributed by atoms with Gasteiger partial charge in [-0.25, -0.2) is 4.98 Å². The third-order valence-corrected chi connectivity index (χ3v) is 3.33. The van der Waals surface area contributed by atoms with Crippen molar-refractivity contribution in [1.29, 1.82) is 0 Å². The SMILES string of the molecule is CC(C)CCN(c1cnc(CCl)cn1)C1CC1. The zero-order valence-electron chi connectivity index (χ0n) is 10.6. The summed E-state index contributed by atoms with van der Waals surface area (Å²) in [5, 5.41) is 0. The molecule has 17 heavy (non-hydrogen) atoms. The fraction of sp³-hybridized carbons (Fsp3) is 0.692. The summed E-state index contributed by atoms with van der Waals surface area (Å²) in [5.74, 6) is 2.16. The summed E-state index contributed by atoms with van der Waals surface area (Å²) in [4.78, 5) is 11.2. The van der Waals surface area contributed by atoms with Crippen molar-refractivity contribution < 1.29 is 0 Å². The zero-order chi connectivity index (χ0) is 12.3.